The van der Waals surface area contributed by atoms with Crippen molar-refractivity contribution in [3.8, 4) is 0 Å². The van der Waals surface area contributed by atoms with Crippen LogP contribution in [0.3, 0.4) is 0 Å². The predicted molar refractivity (Wildman–Crippen MR) is 70.6 cm³/mol. The highest BCUT2D eigenvalue weighted by atomic mass is 16.4. The normalized spacial score (nSPS) is 14.4. The summed E-state index contributed by atoms with van der Waals surface area (Å²) in [6.45, 7) is 0. The molecule has 0 aliphatic heterocycles. The van der Waals surface area contributed by atoms with Gasteiger partial charge in [-0.15, -0.1) is 0 Å². The van der Waals surface area contributed by atoms with Crippen molar-refractivity contribution in [1.29, 1.82) is 0 Å². The molecule has 6 heteroatoms. The minimum Gasteiger partial charge on any atom is -0.477 e. The van der Waals surface area contributed by atoms with Gasteiger partial charge in [0.25, 0.3) is 0 Å². The summed E-state index contributed by atoms with van der Waals surface area (Å²) in [5.74, 6) is -1.55. The Hall–Kier alpha value is -2.63. The summed E-state index contributed by atoms with van der Waals surface area (Å²) in [4.78, 5) is 35.2. The van der Waals surface area contributed by atoms with Crippen LogP contribution in [0.5, 0.6) is 0 Å². The molecule has 0 bridgehead atoms. The number of rotatable bonds is 2. The Bertz CT molecular complexity index is 801. The summed E-state index contributed by atoms with van der Waals surface area (Å²) in [5.41, 5.74) is -0.702. The molecule has 1 aliphatic rings. The van der Waals surface area contributed by atoms with Crippen molar-refractivity contribution in [2.24, 2.45) is 0 Å². The zero-order valence-electron chi connectivity index (χ0n) is 10.4. The number of pyridine rings is 1. The van der Waals surface area contributed by atoms with Gasteiger partial charge in [-0.2, -0.15) is 0 Å². The van der Waals surface area contributed by atoms with Crippen molar-refractivity contribution in [1.82, 2.24) is 4.57 Å². The van der Waals surface area contributed by atoms with Gasteiger partial charge in [0.2, 0.25) is 5.43 Å². The molecule has 0 amide bonds. The van der Waals surface area contributed by atoms with Gasteiger partial charge in [-0.3, -0.25) is 4.79 Å². The molecular formula is C14H11NO5. The van der Waals surface area contributed by atoms with Crippen LogP contribution in [0.4, 0.5) is 4.79 Å². The lowest BCUT2D eigenvalue weighted by atomic mass is 10.0. The first-order valence-electron chi connectivity index (χ1n) is 6.16. The Labute approximate surface area is 112 Å². The highest BCUT2D eigenvalue weighted by Crippen LogP contribution is 2.42. The van der Waals surface area contributed by atoms with Gasteiger partial charge in [0, 0.05) is 11.3 Å². The predicted octanol–water partition coefficient (Wildman–Crippen LogP) is 2.10. The molecule has 1 aromatic carbocycles. The van der Waals surface area contributed by atoms with Crippen LogP contribution in [-0.4, -0.2) is 26.8 Å². The van der Waals surface area contributed by atoms with E-state index in [1.165, 1.54) is 12.1 Å². The fourth-order valence-electron chi connectivity index (χ4n) is 2.51. The minimum atomic E-state index is -1.38. The van der Waals surface area contributed by atoms with E-state index in [-0.39, 0.29) is 22.5 Å². The van der Waals surface area contributed by atoms with Gasteiger partial charge < -0.3 is 10.2 Å². The van der Waals surface area contributed by atoms with E-state index in [0.717, 1.165) is 4.57 Å². The van der Waals surface area contributed by atoms with Gasteiger partial charge in [0.05, 0.1) is 11.2 Å². The van der Waals surface area contributed by atoms with Crippen molar-refractivity contribution in [2.45, 2.75) is 18.8 Å². The number of carboxylic acids is 1. The monoisotopic (exact) mass is 273 g/mol. The maximum Gasteiger partial charge on any atom is 0.416 e. The van der Waals surface area contributed by atoms with Gasteiger partial charge in [-0.1, -0.05) is 12.1 Å². The number of nitrogens with zero attached hydrogens (tertiary/aromatic N) is 1. The Morgan fingerprint density at radius 2 is 1.80 bits per heavy atom. The van der Waals surface area contributed by atoms with Crippen LogP contribution >= 0.6 is 0 Å². The molecule has 0 saturated heterocycles. The SMILES string of the molecule is O=C(O)c1c(C2CC2)n(C(=O)O)c2ccccc2c1=O. The quantitative estimate of drug-likeness (QED) is 0.873. The second-order valence-corrected chi connectivity index (χ2v) is 4.80. The van der Waals surface area contributed by atoms with Crippen LogP contribution in [0.1, 0.15) is 34.8 Å². The van der Waals surface area contributed by atoms with Crippen LogP contribution in [0.25, 0.3) is 10.9 Å². The van der Waals surface area contributed by atoms with E-state index in [1.807, 2.05) is 0 Å². The van der Waals surface area contributed by atoms with Crippen LogP contribution in [0.2, 0.25) is 0 Å². The Morgan fingerprint density at radius 1 is 1.15 bits per heavy atom. The summed E-state index contributed by atoms with van der Waals surface area (Å²) in [5, 5.41) is 18.8. The van der Waals surface area contributed by atoms with E-state index in [4.69, 9.17) is 0 Å². The van der Waals surface area contributed by atoms with Crippen LogP contribution in [-0.2, 0) is 0 Å². The highest BCUT2D eigenvalue weighted by Gasteiger charge is 2.35. The zero-order valence-corrected chi connectivity index (χ0v) is 10.4. The first-order chi connectivity index (χ1) is 9.52. The summed E-state index contributed by atoms with van der Waals surface area (Å²) in [6, 6.07) is 6.17. The topological polar surface area (TPSA) is 96.6 Å². The molecule has 2 aromatic rings. The van der Waals surface area contributed by atoms with E-state index in [2.05, 4.69) is 0 Å². The minimum absolute atomic E-state index is 0.105. The van der Waals surface area contributed by atoms with Crippen LogP contribution in [0, 0.1) is 0 Å². The van der Waals surface area contributed by atoms with Crippen molar-refractivity contribution in [3.05, 3.63) is 45.7 Å². The van der Waals surface area contributed by atoms with Gasteiger partial charge in [0.1, 0.15) is 5.56 Å². The largest absolute Gasteiger partial charge is 0.477 e. The number of aromatic nitrogens is 1. The van der Waals surface area contributed by atoms with E-state index < -0.39 is 23.1 Å². The molecule has 1 fully saturated rings. The van der Waals surface area contributed by atoms with Crippen LogP contribution < -0.4 is 5.43 Å². The van der Waals surface area contributed by atoms with Gasteiger partial charge in [0.15, 0.2) is 0 Å². The molecule has 3 rings (SSSR count). The average molecular weight is 273 g/mol. The average Bonchev–Trinajstić information content (AvgIpc) is 3.21. The standard InChI is InChI=1S/C14H11NO5/c16-12-8-3-1-2-4-9(8)15(14(19)20)11(7-5-6-7)10(12)13(17)18/h1-4,7H,5-6H2,(H,17,18)(H,19,20). The highest BCUT2D eigenvalue weighted by molar-refractivity contribution is 5.97. The summed E-state index contributed by atoms with van der Waals surface area (Å²) < 4.78 is 0.942. The third kappa shape index (κ3) is 1.69. The van der Waals surface area contributed by atoms with Gasteiger partial charge in [-0.25, -0.2) is 14.2 Å². The molecular weight excluding hydrogens is 262 g/mol. The van der Waals surface area contributed by atoms with Crippen molar-refractivity contribution in [2.75, 3.05) is 0 Å². The molecule has 1 heterocycles. The molecule has 1 aromatic heterocycles. The number of benzene rings is 1. The molecule has 6 nitrogen and oxygen atoms in total. The maximum absolute atomic E-state index is 12.3. The number of carboxylic acid groups (broad SMARTS) is 2. The fourth-order valence-corrected chi connectivity index (χ4v) is 2.51. The molecule has 1 aliphatic carbocycles. The summed E-state index contributed by atoms with van der Waals surface area (Å²) in [7, 11) is 0. The maximum atomic E-state index is 12.3. The van der Waals surface area contributed by atoms with Crippen molar-refractivity contribution < 1.29 is 19.8 Å². The van der Waals surface area contributed by atoms with Gasteiger partial charge >= 0.3 is 12.1 Å². The number of carbonyl (C=O) groups is 2. The lowest BCUT2D eigenvalue weighted by Gasteiger charge is -2.14. The lowest BCUT2D eigenvalue weighted by Crippen LogP contribution is -2.26. The molecule has 0 radical (unpaired) electrons. The van der Waals surface area contributed by atoms with E-state index in [0.29, 0.717) is 12.8 Å². The first-order valence-corrected chi connectivity index (χ1v) is 6.16. The number of fused-ring (bicyclic) bond motifs is 1. The molecule has 102 valence electrons. The number of hydrogen-bond donors (Lipinski definition) is 2. The van der Waals surface area contributed by atoms with E-state index in [9.17, 15) is 24.6 Å². The van der Waals surface area contributed by atoms with Crippen molar-refractivity contribution >= 4 is 23.0 Å². The smallest absolute Gasteiger partial charge is 0.416 e. The van der Waals surface area contributed by atoms with E-state index in [1.54, 1.807) is 12.1 Å². The van der Waals surface area contributed by atoms with Crippen molar-refractivity contribution in [3.63, 3.8) is 0 Å². The first kappa shape index (κ1) is 12.4. The number of para-hydroxylation sites is 1. The van der Waals surface area contributed by atoms with E-state index >= 15 is 0 Å². The molecule has 0 unspecified atom stereocenters. The Morgan fingerprint density at radius 3 is 2.35 bits per heavy atom. The third-order valence-corrected chi connectivity index (χ3v) is 3.48. The zero-order chi connectivity index (χ0) is 14.4. The van der Waals surface area contributed by atoms with Crippen LogP contribution in [0.15, 0.2) is 29.1 Å². The summed E-state index contributed by atoms with van der Waals surface area (Å²) >= 11 is 0. The van der Waals surface area contributed by atoms with Gasteiger partial charge in [-0.05, 0) is 25.0 Å². The molecule has 0 atom stereocenters. The Kier molecular flexibility index (Phi) is 2.60. The second-order valence-electron chi connectivity index (χ2n) is 4.80. The number of aromatic carboxylic acids is 1. The second kappa shape index (κ2) is 4.19. The molecule has 2 N–H and O–H groups in total. The Balaban J connectivity index is 2.56. The molecule has 1 saturated carbocycles. The number of hydrogen-bond acceptors (Lipinski definition) is 3. The summed E-state index contributed by atoms with van der Waals surface area (Å²) in [6.07, 6.45) is 0.127. The lowest BCUT2D eigenvalue weighted by molar-refractivity contribution is 0.0693. The third-order valence-electron chi connectivity index (χ3n) is 3.48. The molecule has 0 spiro atoms. The fraction of sp³-hybridized carbons (Fsp3) is 0.214. The molecule has 20 heavy (non-hydrogen) atoms.